The van der Waals surface area contributed by atoms with Crippen molar-refractivity contribution in [3.8, 4) is 5.75 Å². The Balaban J connectivity index is 1.88. The van der Waals surface area contributed by atoms with Crippen LogP contribution in [0.5, 0.6) is 5.75 Å². The summed E-state index contributed by atoms with van der Waals surface area (Å²) in [4.78, 5) is 26.5. The van der Waals surface area contributed by atoms with Crippen LogP contribution in [0.4, 0.5) is 0 Å². The maximum atomic E-state index is 12.5. The van der Waals surface area contributed by atoms with Gasteiger partial charge in [0.05, 0.1) is 0 Å². The van der Waals surface area contributed by atoms with Gasteiger partial charge in [-0.3, -0.25) is 9.59 Å². The number of hydrogen-bond acceptors (Lipinski definition) is 3. The lowest BCUT2D eigenvalue weighted by Crippen LogP contribution is -2.49. The predicted octanol–water partition coefficient (Wildman–Crippen LogP) is 3.38. The molecule has 1 aromatic rings. The largest absolute Gasteiger partial charge is 0.484 e. The van der Waals surface area contributed by atoms with E-state index in [0.717, 1.165) is 19.3 Å². The van der Waals surface area contributed by atoms with Crippen molar-refractivity contribution in [1.29, 1.82) is 0 Å². The molecule has 0 saturated carbocycles. The second-order valence-electron chi connectivity index (χ2n) is 7.03. The van der Waals surface area contributed by atoms with Crippen LogP contribution in [-0.4, -0.2) is 41.4 Å². The summed E-state index contributed by atoms with van der Waals surface area (Å²) >= 11 is 0. The van der Waals surface area contributed by atoms with Crippen molar-refractivity contribution < 1.29 is 14.3 Å². The molecule has 2 amide bonds. The lowest BCUT2D eigenvalue weighted by molar-refractivity contribution is -0.139. The standard InChI is InChI=1S/C20H30N2O3/c1-5-14(2)21-20(24)17-9-11-18(12-10-17)25-13-19(23)22-15(3)7-6-8-16(22)4/h9-12,14-16H,5-8,13H2,1-4H3,(H,21,24). The van der Waals surface area contributed by atoms with Crippen molar-refractivity contribution in [3.63, 3.8) is 0 Å². The van der Waals surface area contributed by atoms with E-state index in [-0.39, 0.29) is 36.5 Å². The Hall–Kier alpha value is -2.04. The fraction of sp³-hybridized carbons (Fsp3) is 0.600. The van der Waals surface area contributed by atoms with Crippen LogP contribution >= 0.6 is 0 Å². The van der Waals surface area contributed by atoms with E-state index in [0.29, 0.717) is 11.3 Å². The van der Waals surface area contributed by atoms with Gasteiger partial charge < -0.3 is 15.0 Å². The number of hydrogen-bond donors (Lipinski definition) is 1. The molecule has 3 unspecified atom stereocenters. The topological polar surface area (TPSA) is 58.6 Å². The van der Waals surface area contributed by atoms with E-state index >= 15 is 0 Å². The minimum atomic E-state index is -0.0899. The van der Waals surface area contributed by atoms with Gasteiger partial charge in [0, 0.05) is 23.7 Å². The van der Waals surface area contributed by atoms with Gasteiger partial charge in [-0.2, -0.15) is 0 Å². The first-order valence-electron chi connectivity index (χ1n) is 9.27. The molecule has 1 fully saturated rings. The fourth-order valence-corrected chi connectivity index (χ4v) is 3.24. The number of carbonyl (C=O) groups is 2. The average Bonchev–Trinajstić information content (AvgIpc) is 2.60. The molecule has 0 spiro atoms. The minimum absolute atomic E-state index is 0.0262. The second-order valence-corrected chi connectivity index (χ2v) is 7.03. The van der Waals surface area contributed by atoms with Crippen LogP contribution < -0.4 is 10.1 Å². The molecule has 5 nitrogen and oxygen atoms in total. The predicted molar refractivity (Wildman–Crippen MR) is 98.8 cm³/mol. The van der Waals surface area contributed by atoms with Gasteiger partial charge in [0.15, 0.2) is 6.61 Å². The molecule has 0 aliphatic carbocycles. The molecule has 25 heavy (non-hydrogen) atoms. The summed E-state index contributed by atoms with van der Waals surface area (Å²) in [7, 11) is 0. The van der Waals surface area contributed by atoms with Crippen LogP contribution in [0.25, 0.3) is 0 Å². The van der Waals surface area contributed by atoms with E-state index < -0.39 is 0 Å². The molecular formula is C20H30N2O3. The summed E-state index contributed by atoms with van der Waals surface area (Å²) in [5.74, 6) is 0.539. The molecule has 2 rings (SSSR count). The summed E-state index contributed by atoms with van der Waals surface area (Å²) in [6.45, 7) is 8.23. The lowest BCUT2D eigenvalue weighted by atomic mass is 9.97. The smallest absolute Gasteiger partial charge is 0.260 e. The van der Waals surface area contributed by atoms with Gasteiger partial charge in [0.1, 0.15) is 5.75 Å². The van der Waals surface area contributed by atoms with Crippen molar-refractivity contribution in [2.75, 3.05) is 6.61 Å². The number of rotatable bonds is 6. The molecular weight excluding hydrogens is 316 g/mol. The zero-order valence-corrected chi connectivity index (χ0v) is 15.7. The Morgan fingerprint density at radius 3 is 2.36 bits per heavy atom. The normalized spacial score (nSPS) is 21.5. The summed E-state index contributed by atoms with van der Waals surface area (Å²) in [6, 6.07) is 7.62. The summed E-state index contributed by atoms with van der Waals surface area (Å²) in [5, 5.41) is 2.93. The fourth-order valence-electron chi connectivity index (χ4n) is 3.24. The van der Waals surface area contributed by atoms with Crippen LogP contribution in [0.3, 0.4) is 0 Å². The van der Waals surface area contributed by atoms with Crippen LogP contribution in [-0.2, 0) is 4.79 Å². The van der Waals surface area contributed by atoms with Crippen molar-refractivity contribution in [1.82, 2.24) is 10.2 Å². The van der Waals surface area contributed by atoms with Gasteiger partial charge in [0.2, 0.25) is 0 Å². The Labute approximate surface area is 150 Å². The van der Waals surface area contributed by atoms with Crippen molar-refractivity contribution in [2.45, 2.75) is 71.5 Å². The third kappa shape index (κ3) is 5.21. The number of likely N-dealkylation sites (tertiary alicyclic amines) is 1. The van der Waals surface area contributed by atoms with E-state index in [1.807, 2.05) is 18.7 Å². The first kappa shape index (κ1) is 19.3. The molecule has 1 aliphatic heterocycles. The first-order chi connectivity index (χ1) is 11.9. The van der Waals surface area contributed by atoms with Gasteiger partial charge in [-0.25, -0.2) is 0 Å². The summed E-state index contributed by atoms with van der Waals surface area (Å²) in [6.07, 6.45) is 4.17. The van der Waals surface area contributed by atoms with E-state index in [9.17, 15) is 9.59 Å². The molecule has 1 N–H and O–H groups in total. The molecule has 5 heteroatoms. The van der Waals surface area contributed by atoms with Crippen molar-refractivity contribution >= 4 is 11.8 Å². The Kier molecular flexibility index (Phi) is 6.85. The van der Waals surface area contributed by atoms with Crippen LogP contribution in [0, 0.1) is 0 Å². The molecule has 3 atom stereocenters. The maximum Gasteiger partial charge on any atom is 0.260 e. The zero-order chi connectivity index (χ0) is 18.4. The van der Waals surface area contributed by atoms with E-state index in [2.05, 4.69) is 19.2 Å². The third-order valence-corrected chi connectivity index (χ3v) is 4.95. The number of nitrogens with one attached hydrogen (secondary N) is 1. The van der Waals surface area contributed by atoms with Crippen molar-refractivity contribution in [2.24, 2.45) is 0 Å². The summed E-state index contributed by atoms with van der Waals surface area (Å²) < 4.78 is 5.63. The monoisotopic (exact) mass is 346 g/mol. The quantitative estimate of drug-likeness (QED) is 0.859. The average molecular weight is 346 g/mol. The van der Waals surface area contributed by atoms with E-state index in [1.54, 1.807) is 24.3 Å². The molecule has 1 heterocycles. The number of piperidine rings is 1. The van der Waals surface area contributed by atoms with Gasteiger partial charge in [-0.1, -0.05) is 6.92 Å². The Morgan fingerprint density at radius 1 is 1.20 bits per heavy atom. The Bertz CT molecular complexity index is 575. The highest BCUT2D eigenvalue weighted by atomic mass is 16.5. The highest BCUT2D eigenvalue weighted by Gasteiger charge is 2.28. The van der Waals surface area contributed by atoms with Gasteiger partial charge >= 0.3 is 0 Å². The van der Waals surface area contributed by atoms with Crippen LogP contribution in [0.2, 0.25) is 0 Å². The van der Waals surface area contributed by atoms with Crippen LogP contribution in [0.1, 0.15) is 63.7 Å². The minimum Gasteiger partial charge on any atom is -0.484 e. The zero-order valence-electron chi connectivity index (χ0n) is 15.7. The van der Waals surface area contributed by atoms with Gasteiger partial charge in [0.25, 0.3) is 11.8 Å². The Morgan fingerprint density at radius 2 is 1.80 bits per heavy atom. The van der Waals surface area contributed by atoms with Crippen LogP contribution in [0.15, 0.2) is 24.3 Å². The third-order valence-electron chi connectivity index (χ3n) is 4.95. The molecule has 0 bridgehead atoms. The highest BCUT2D eigenvalue weighted by Crippen LogP contribution is 2.23. The highest BCUT2D eigenvalue weighted by molar-refractivity contribution is 5.94. The number of amides is 2. The molecule has 1 aliphatic rings. The van der Waals surface area contributed by atoms with Gasteiger partial charge in [-0.05, 0) is 70.7 Å². The lowest BCUT2D eigenvalue weighted by Gasteiger charge is -2.38. The molecule has 1 saturated heterocycles. The maximum absolute atomic E-state index is 12.5. The molecule has 0 aromatic heterocycles. The number of benzene rings is 1. The number of carbonyl (C=O) groups excluding carboxylic acids is 2. The first-order valence-corrected chi connectivity index (χ1v) is 9.27. The SMILES string of the molecule is CCC(C)NC(=O)c1ccc(OCC(=O)N2C(C)CCCC2C)cc1. The van der Waals surface area contributed by atoms with Gasteiger partial charge in [-0.15, -0.1) is 0 Å². The molecule has 1 aromatic carbocycles. The molecule has 138 valence electrons. The van der Waals surface area contributed by atoms with E-state index in [4.69, 9.17) is 4.74 Å². The molecule has 0 radical (unpaired) electrons. The number of ether oxygens (including phenoxy) is 1. The van der Waals surface area contributed by atoms with Crippen molar-refractivity contribution in [3.05, 3.63) is 29.8 Å². The second kappa shape index (κ2) is 8.88. The number of nitrogens with zero attached hydrogens (tertiary/aromatic N) is 1. The van der Waals surface area contributed by atoms with E-state index in [1.165, 1.54) is 6.42 Å². The summed E-state index contributed by atoms with van der Waals surface area (Å²) in [5.41, 5.74) is 0.595.